The van der Waals surface area contributed by atoms with Crippen molar-refractivity contribution in [2.45, 2.75) is 19.4 Å². The van der Waals surface area contributed by atoms with Crippen molar-refractivity contribution in [3.8, 4) is 0 Å². The number of rotatable bonds is 3. The molecule has 0 amide bonds. The number of halogens is 2. The van der Waals surface area contributed by atoms with Crippen LogP contribution in [-0.2, 0) is 6.54 Å². The molecule has 1 saturated heterocycles. The third-order valence-corrected chi connectivity index (χ3v) is 2.66. The smallest absolute Gasteiger partial charge is 0.0536 e. The van der Waals surface area contributed by atoms with E-state index >= 15 is 0 Å². The van der Waals surface area contributed by atoms with E-state index in [2.05, 4.69) is 16.6 Å². The lowest BCUT2D eigenvalue weighted by atomic mass is 10.1. The SMILES string of the molecule is C=C1CCCN(CCn2cccn2)C1.Cl.Cl. The lowest BCUT2D eigenvalue weighted by Gasteiger charge is -2.27. The topological polar surface area (TPSA) is 21.1 Å². The van der Waals surface area contributed by atoms with Crippen LogP contribution in [0.4, 0.5) is 0 Å². The van der Waals surface area contributed by atoms with Gasteiger partial charge in [-0.25, -0.2) is 0 Å². The van der Waals surface area contributed by atoms with Gasteiger partial charge >= 0.3 is 0 Å². The van der Waals surface area contributed by atoms with E-state index in [0.717, 1.165) is 19.6 Å². The first kappa shape index (κ1) is 15.5. The number of aromatic nitrogens is 2. The summed E-state index contributed by atoms with van der Waals surface area (Å²) in [5, 5.41) is 4.19. The van der Waals surface area contributed by atoms with Gasteiger partial charge in [0, 0.05) is 25.5 Å². The van der Waals surface area contributed by atoms with Crippen molar-refractivity contribution in [3.05, 3.63) is 30.6 Å². The average Bonchev–Trinajstić information content (AvgIpc) is 2.67. The first-order valence-electron chi connectivity index (χ1n) is 5.21. The molecule has 0 saturated carbocycles. The molecule has 0 N–H and O–H groups in total. The van der Waals surface area contributed by atoms with Crippen molar-refractivity contribution < 1.29 is 0 Å². The molecule has 0 bridgehead atoms. The Kier molecular flexibility index (Phi) is 7.47. The molecule has 1 fully saturated rings. The first-order chi connectivity index (χ1) is 6.84. The van der Waals surface area contributed by atoms with Crippen molar-refractivity contribution in [3.63, 3.8) is 0 Å². The molecule has 5 heteroatoms. The molecular weight excluding hydrogens is 245 g/mol. The van der Waals surface area contributed by atoms with Gasteiger partial charge in [-0.2, -0.15) is 5.10 Å². The summed E-state index contributed by atoms with van der Waals surface area (Å²) in [6.45, 7) is 8.40. The Labute approximate surface area is 109 Å². The second-order valence-electron chi connectivity index (χ2n) is 3.90. The van der Waals surface area contributed by atoms with Crippen LogP contribution >= 0.6 is 24.8 Å². The van der Waals surface area contributed by atoms with E-state index in [9.17, 15) is 0 Å². The van der Waals surface area contributed by atoms with Gasteiger partial charge in [0.25, 0.3) is 0 Å². The monoisotopic (exact) mass is 263 g/mol. The standard InChI is InChI=1S/C11H17N3.2ClH/c1-11-4-2-6-13(10-11)8-9-14-7-3-5-12-14;;/h3,5,7H,1-2,4,6,8-10H2;2*1H. The molecule has 1 aromatic heterocycles. The summed E-state index contributed by atoms with van der Waals surface area (Å²) in [4.78, 5) is 2.45. The number of piperidine rings is 1. The molecule has 0 aromatic carbocycles. The molecule has 1 aliphatic rings. The predicted octanol–water partition coefficient (Wildman–Crippen LogP) is 2.38. The predicted molar refractivity (Wildman–Crippen MR) is 71.5 cm³/mol. The van der Waals surface area contributed by atoms with E-state index in [0.29, 0.717) is 0 Å². The summed E-state index contributed by atoms with van der Waals surface area (Å²) < 4.78 is 1.98. The summed E-state index contributed by atoms with van der Waals surface area (Å²) in [6, 6.07) is 1.97. The van der Waals surface area contributed by atoms with Crippen LogP contribution in [0.1, 0.15) is 12.8 Å². The zero-order chi connectivity index (χ0) is 9.80. The fraction of sp³-hybridized carbons (Fsp3) is 0.545. The summed E-state index contributed by atoms with van der Waals surface area (Å²) in [5.74, 6) is 0. The summed E-state index contributed by atoms with van der Waals surface area (Å²) in [5.41, 5.74) is 1.37. The largest absolute Gasteiger partial charge is 0.298 e. The van der Waals surface area contributed by atoms with Crippen molar-refractivity contribution >= 4 is 24.8 Å². The third kappa shape index (κ3) is 4.56. The molecule has 3 nitrogen and oxygen atoms in total. The molecule has 0 aliphatic carbocycles. The number of nitrogens with zero attached hydrogens (tertiary/aromatic N) is 3. The molecule has 0 unspecified atom stereocenters. The lowest BCUT2D eigenvalue weighted by molar-refractivity contribution is 0.252. The van der Waals surface area contributed by atoms with E-state index < -0.39 is 0 Å². The van der Waals surface area contributed by atoms with Gasteiger partial charge in [-0.05, 0) is 25.5 Å². The highest BCUT2D eigenvalue weighted by atomic mass is 35.5. The van der Waals surface area contributed by atoms with Crippen LogP contribution < -0.4 is 0 Å². The zero-order valence-electron chi connectivity index (χ0n) is 9.34. The normalized spacial score (nSPS) is 16.4. The molecule has 16 heavy (non-hydrogen) atoms. The van der Waals surface area contributed by atoms with E-state index in [4.69, 9.17) is 0 Å². The van der Waals surface area contributed by atoms with E-state index in [1.54, 1.807) is 0 Å². The maximum absolute atomic E-state index is 4.19. The minimum Gasteiger partial charge on any atom is -0.298 e. The fourth-order valence-electron chi connectivity index (χ4n) is 1.89. The third-order valence-electron chi connectivity index (χ3n) is 2.66. The van der Waals surface area contributed by atoms with E-state index in [1.165, 1.54) is 25.0 Å². The van der Waals surface area contributed by atoms with E-state index in [1.807, 2.05) is 23.1 Å². The van der Waals surface area contributed by atoms with Gasteiger partial charge in [0.15, 0.2) is 0 Å². The molecule has 0 spiro atoms. The van der Waals surface area contributed by atoms with Gasteiger partial charge in [-0.15, -0.1) is 24.8 Å². The number of hydrogen-bond donors (Lipinski definition) is 0. The lowest BCUT2D eigenvalue weighted by Crippen LogP contribution is -2.33. The average molecular weight is 264 g/mol. The number of likely N-dealkylation sites (tertiary alicyclic amines) is 1. The quantitative estimate of drug-likeness (QED) is 0.781. The molecule has 1 aliphatic heterocycles. The maximum atomic E-state index is 4.19. The van der Waals surface area contributed by atoms with Gasteiger partial charge in [0.2, 0.25) is 0 Å². The second-order valence-corrected chi connectivity index (χ2v) is 3.90. The van der Waals surface area contributed by atoms with Crippen LogP contribution in [0.25, 0.3) is 0 Å². The minimum absolute atomic E-state index is 0. The maximum Gasteiger partial charge on any atom is 0.0536 e. The summed E-state index contributed by atoms with van der Waals surface area (Å²) in [6.07, 6.45) is 6.31. The molecule has 1 aromatic rings. The Balaban J connectivity index is 0.00000112. The number of hydrogen-bond acceptors (Lipinski definition) is 2. The van der Waals surface area contributed by atoms with Gasteiger partial charge in [-0.1, -0.05) is 12.2 Å². The van der Waals surface area contributed by atoms with Gasteiger partial charge in [-0.3, -0.25) is 9.58 Å². The Morgan fingerprint density at radius 2 is 2.12 bits per heavy atom. The highest BCUT2D eigenvalue weighted by molar-refractivity contribution is 5.85. The molecular formula is C11H19Cl2N3. The van der Waals surface area contributed by atoms with Crippen molar-refractivity contribution in [1.29, 1.82) is 0 Å². The van der Waals surface area contributed by atoms with Crippen LogP contribution in [0.15, 0.2) is 30.6 Å². The van der Waals surface area contributed by atoms with Crippen LogP contribution in [0.2, 0.25) is 0 Å². The van der Waals surface area contributed by atoms with E-state index in [-0.39, 0.29) is 24.8 Å². The highest BCUT2D eigenvalue weighted by Gasteiger charge is 2.11. The van der Waals surface area contributed by atoms with Gasteiger partial charge in [0.05, 0.1) is 6.54 Å². The van der Waals surface area contributed by atoms with Crippen molar-refractivity contribution in [1.82, 2.24) is 14.7 Å². The Morgan fingerprint density at radius 1 is 1.31 bits per heavy atom. The molecule has 92 valence electrons. The zero-order valence-corrected chi connectivity index (χ0v) is 11.0. The summed E-state index contributed by atoms with van der Waals surface area (Å²) in [7, 11) is 0. The minimum atomic E-state index is 0. The van der Waals surface area contributed by atoms with Crippen LogP contribution in [0.5, 0.6) is 0 Å². The summed E-state index contributed by atoms with van der Waals surface area (Å²) >= 11 is 0. The van der Waals surface area contributed by atoms with Gasteiger partial charge < -0.3 is 0 Å². The molecule has 2 heterocycles. The molecule has 0 atom stereocenters. The molecule has 2 rings (SSSR count). The Morgan fingerprint density at radius 3 is 2.75 bits per heavy atom. The van der Waals surface area contributed by atoms with Crippen LogP contribution in [0.3, 0.4) is 0 Å². The molecule has 0 radical (unpaired) electrons. The highest BCUT2D eigenvalue weighted by Crippen LogP contribution is 2.12. The van der Waals surface area contributed by atoms with Crippen LogP contribution in [-0.4, -0.2) is 34.3 Å². The second kappa shape index (κ2) is 7.71. The van der Waals surface area contributed by atoms with Crippen molar-refractivity contribution in [2.75, 3.05) is 19.6 Å². The Bertz CT molecular complexity index is 298. The van der Waals surface area contributed by atoms with Crippen LogP contribution in [0, 0.1) is 0 Å². The Hall–Kier alpha value is -0.510. The van der Waals surface area contributed by atoms with Gasteiger partial charge in [0.1, 0.15) is 0 Å². The fourth-order valence-corrected chi connectivity index (χ4v) is 1.89. The van der Waals surface area contributed by atoms with Crippen molar-refractivity contribution in [2.24, 2.45) is 0 Å². The first-order valence-corrected chi connectivity index (χ1v) is 5.21.